The number of hydrogen-bond donors (Lipinski definition) is 1. The highest BCUT2D eigenvalue weighted by molar-refractivity contribution is 7.91. The van der Waals surface area contributed by atoms with Crippen LogP contribution in [0.5, 0.6) is 0 Å². The third-order valence-corrected chi connectivity index (χ3v) is 5.72. The third-order valence-electron chi connectivity index (χ3n) is 4.32. The lowest BCUT2D eigenvalue weighted by Gasteiger charge is -2.38. The van der Waals surface area contributed by atoms with Gasteiger partial charge >= 0.3 is 6.09 Å². The summed E-state index contributed by atoms with van der Waals surface area (Å²) < 4.78 is 22.7. The second-order valence-electron chi connectivity index (χ2n) is 7.74. The molecule has 126 valence electrons. The molecule has 1 atom stereocenters. The van der Waals surface area contributed by atoms with E-state index in [-0.39, 0.29) is 5.41 Å². The molecule has 1 unspecified atom stereocenters. The lowest BCUT2D eigenvalue weighted by molar-refractivity contribution is -0.0156. The van der Waals surface area contributed by atoms with Crippen molar-refractivity contribution in [3.63, 3.8) is 0 Å². The summed E-state index contributed by atoms with van der Waals surface area (Å²) in [6.07, 6.45) is 0.245. The van der Waals surface area contributed by atoms with Crippen molar-refractivity contribution in [3.05, 3.63) is 0 Å². The first-order valence-corrected chi connectivity index (χ1v) is 8.72. The number of piperidine rings is 1. The van der Waals surface area contributed by atoms with Crippen molar-refractivity contribution in [3.8, 4) is 0 Å². The average molecular weight is 330 g/mol. The number of hydrogen-bond acceptors (Lipinski definition) is 4. The smallest absolute Gasteiger partial charge is 0.407 e. The maximum atomic E-state index is 12.5. The van der Waals surface area contributed by atoms with Gasteiger partial charge < -0.3 is 19.3 Å². The second-order valence-corrected chi connectivity index (χ2v) is 9.64. The molecule has 0 saturated carbocycles. The lowest BCUT2D eigenvalue weighted by atomic mass is 9.77. The molecule has 2 heterocycles. The fourth-order valence-corrected chi connectivity index (χ4v) is 3.79. The summed E-state index contributed by atoms with van der Waals surface area (Å²) in [4.78, 5) is 12.5. The van der Waals surface area contributed by atoms with Crippen LogP contribution in [-0.4, -0.2) is 56.4 Å². The van der Waals surface area contributed by atoms with Crippen LogP contribution in [0.1, 0.15) is 47.5 Å². The molecule has 0 aromatic rings. The fraction of sp³-hybridized carbons (Fsp3) is 0.867. The quantitative estimate of drug-likeness (QED) is 0.748. The van der Waals surface area contributed by atoms with E-state index < -0.39 is 27.8 Å². The number of rotatable bonds is 1. The Bertz CT molecular complexity index is 476. The Labute approximate surface area is 135 Å². The maximum absolute atomic E-state index is 12.5. The molecular formula is C15H26N2O4S. The van der Waals surface area contributed by atoms with Crippen molar-refractivity contribution in [2.75, 3.05) is 19.7 Å². The number of nitrogens with zero attached hydrogens (tertiary/aromatic N) is 2. The standard InChI is InChI=1S/C15H26N2O4S/c1-13(2,3)22(20)16-11-14(4,5)10-21-15(11)6-8-17(9-7-15)12(18)19/h6-10H2,1-5H3,(H,18,19)/b16-11-. The number of amides is 1. The van der Waals surface area contributed by atoms with Crippen LogP contribution in [0.2, 0.25) is 0 Å². The predicted molar refractivity (Wildman–Crippen MR) is 86.6 cm³/mol. The zero-order valence-electron chi connectivity index (χ0n) is 14.0. The zero-order chi connectivity index (χ0) is 16.8. The van der Waals surface area contributed by atoms with E-state index in [9.17, 15) is 9.35 Å². The Morgan fingerprint density at radius 2 is 1.91 bits per heavy atom. The first kappa shape index (κ1) is 17.6. The normalized spacial score (nSPS) is 27.4. The van der Waals surface area contributed by atoms with Gasteiger partial charge in [-0.2, -0.15) is 0 Å². The molecule has 0 aromatic heterocycles. The van der Waals surface area contributed by atoms with E-state index in [1.165, 1.54) is 4.90 Å². The highest BCUT2D eigenvalue weighted by atomic mass is 32.2. The highest BCUT2D eigenvalue weighted by Gasteiger charge is 2.54. The van der Waals surface area contributed by atoms with Gasteiger partial charge in [-0.1, -0.05) is 18.2 Å². The summed E-state index contributed by atoms with van der Waals surface area (Å²) in [5, 5.41) is 9.10. The molecule has 0 radical (unpaired) electrons. The average Bonchev–Trinajstić information content (AvgIpc) is 2.63. The molecule has 2 fully saturated rings. The molecule has 2 rings (SSSR count). The Hall–Kier alpha value is -0.790. The molecular weight excluding hydrogens is 304 g/mol. The molecule has 0 aromatic carbocycles. The minimum atomic E-state index is -1.34. The van der Waals surface area contributed by atoms with Gasteiger partial charge in [-0.05, 0) is 33.6 Å². The number of likely N-dealkylation sites (tertiary alicyclic amines) is 1. The van der Waals surface area contributed by atoms with Gasteiger partial charge in [0.05, 0.1) is 6.61 Å². The number of ether oxygens (including phenoxy) is 1. The Morgan fingerprint density at radius 3 is 2.36 bits per heavy atom. The van der Waals surface area contributed by atoms with E-state index in [0.29, 0.717) is 32.5 Å². The second kappa shape index (κ2) is 5.69. The largest absolute Gasteiger partial charge is 0.591 e. The van der Waals surface area contributed by atoms with Crippen molar-refractivity contribution < 1.29 is 19.2 Å². The van der Waals surface area contributed by atoms with Gasteiger partial charge in [0.2, 0.25) is 0 Å². The van der Waals surface area contributed by atoms with Crippen LogP contribution in [0.4, 0.5) is 4.79 Å². The van der Waals surface area contributed by atoms with Crippen molar-refractivity contribution in [2.24, 2.45) is 9.81 Å². The summed E-state index contributed by atoms with van der Waals surface area (Å²) in [5.41, 5.74) is 0.00107. The van der Waals surface area contributed by atoms with Gasteiger partial charge in [0.15, 0.2) is 0 Å². The predicted octanol–water partition coefficient (Wildman–Crippen LogP) is 2.46. The molecule has 0 aliphatic carbocycles. The Morgan fingerprint density at radius 1 is 1.36 bits per heavy atom. The molecule has 22 heavy (non-hydrogen) atoms. The Balaban J connectivity index is 2.28. The van der Waals surface area contributed by atoms with Crippen LogP contribution in [0, 0.1) is 5.41 Å². The van der Waals surface area contributed by atoms with Crippen molar-refractivity contribution in [2.45, 2.75) is 57.8 Å². The van der Waals surface area contributed by atoms with E-state index >= 15 is 0 Å². The monoisotopic (exact) mass is 330 g/mol. The number of carboxylic acid groups (broad SMARTS) is 1. The van der Waals surface area contributed by atoms with Crippen LogP contribution >= 0.6 is 0 Å². The molecule has 2 aliphatic heterocycles. The molecule has 6 nitrogen and oxygen atoms in total. The molecule has 2 aliphatic rings. The van der Waals surface area contributed by atoms with Gasteiger partial charge in [0.1, 0.15) is 27.4 Å². The summed E-state index contributed by atoms with van der Waals surface area (Å²) in [6.45, 7) is 11.2. The van der Waals surface area contributed by atoms with Crippen LogP contribution in [0.25, 0.3) is 0 Å². The maximum Gasteiger partial charge on any atom is 0.407 e. The van der Waals surface area contributed by atoms with Crippen LogP contribution < -0.4 is 0 Å². The van der Waals surface area contributed by atoms with Crippen LogP contribution in [-0.2, 0) is 16.1 Å². The van der Waals surface area contributed by atoms with Crippen molar-refractivity contribution in [1.29, 1.82) is 0 Å². The minimum absolute atomic E-state index is 0.272. The summed E-state index contributed by atoms with van der Waals surface area (Å²) in [5.74, 6) is 0. The molecule has 1 N–H and O–H groups in total. The van der Waals surface area contributed by atoms with Crippen molar-refractivity contribution >= 4 is 23.2 Å². The van der Waals surface area contributed by atoms with Gasteiger partial charge in [0, 0.05) is 18.5 Å². The van der Waals surface area contributed by atoms with E-state index in [1.54, 1.807) is 0 Å². The molecule has 2 saturated heterocycles. The molecule has 0 bridgehead atoms. The van der Waals surface area contributed by atoms with Gasteiger partial charge in [-0.15, -0.1) is 0 Å². The van der Waals surface area contributed by atoms with Gasteiger partial charge in [-0.3, -0.25) is 0 Å². The van der Waals surface area contributed by atoms with Gasteiger partial charge in [-0.25, -0.2) is 4.79 Å². The van der Waals surface area contributed by atoms with E-state index in [1.807, 2.05) is 34.6 Å². The van der Waals surface area contributed by atoms with Crippen LogP contribution in [0.3, 0.4) is 0 Å². The van der Waals surface area contributed by atoms with E-state index in [4.69, 9.17) is 9.84 Å². The van der Waals surface area contributed by atoms with Gasteiger partial charge in [0.25, 0.3) is 0 Å². The lowest BCUT2D eigenvalue weighted by Crippen LogP contribution is -2.51. The fourth-order valence-electron chi connectivity index (χ4n) is 2.94. The third kappa shape index (κ3) is 3.26. The summed E-state index contributed by atoms with van der Waals surface area (Å²) in [6, 6.07) is 0. The van der Waals surface area contributed by atoms with E-state index in [2.05, 4.69) is 4.40 Å². The minimum Gasteiger partial charge on any atom is -0.591 e. The SMILES string of the molecule is CC1(C)COC2(CCN(C(=O)O)CC2)/C1=N\[S+]([O-])C(C)(C)C. The summed E-state index contributed by atoms with van der Waals surface area (Å²) >= 11 is -1.34. The first-order chi connectivity index (χ1) is 9.98. The van der Waals surface area contributed by atoms with E-state index in [0.717, 1.165) is 5.71 Å². The molecule has 1 spiro atoms. The van der Waals surface area contributed by atoms with Crippen molar-refractivity contribution in [1.82, 2.24) is 4.90 Å². The topological polar surface area (TPSA) is 85.2 Å². The summed E-state index contributed by atoms with van der Waals surface area (Å²) in [7, 11) is 0. The first-order valence-electron chi connectivity index (χ1n) is 7.61. The molecule has 7 heteroatoms. The highest BCUT2D eigenvalue weighted by Crippen LogP contribution is 2.43. The molecule has 1 amide bonds. The number of carbonyl (C=O) groups is 1. The van der Waals surface area contributed by atoms with Crippen LogP contribution in [0.15, 0.2) is 4.40 Å². The zero-order valence-corrected chi connectivity index (χ0v) is 14.8. The Kier molecular flexibility index (Phi) is 4.54.